The first-order valence-electron chi connectivity index (χ1n) is 5.53. The molecule has 4 N–H and O–H groups in total. The van der Waals surface area contributed by atoms with Crippen molar-refractivity contribution in [2.24, 2.45) is 0 Å². The van der Waals surface area contributed by atoms with E-state index in [9.17, 15) is 9.90 Å². The fourth-order valence-corrected chi connectivity index (χ4v) is 2.04. The molecule has 3 rings (SSSR count). The summed E-state index contributed by atoms with van der Waals surface area (Å²) in [5, 5.41) is 15.9. The summed E-state index contributed by atoms with van der Waals surface area (Å²) in [6.45, 7) is 0. The molecule has 0 aliphatic carbocycles. The standard InChI is InChI=1S/C11H9ClN6O2/c12-7-3-1-6(2-4-7)8-5-16-9(10(19)17(8)13)11(20)18(14)15-16/h1-5H,13H2,(H2-,14,15,19,20). The lowest BCUT2D eigenvalue weighted by Crippen LogP contribution is -2.39. The summed E-state index contributed by atoms with van der Waals surface area (Å²) in [5.41, 5.74) is 0.136. The molecule has 8 nitrogen and oxygen atoms in total. The molecule has 2 aromatic heterocycles. The van der Waals surface area contributed by atoms with Gasteiger partial charge in [0.1, 0.15) is 17.1 Å². The molecule has 0 aliphatic rings. The first-order valence-corrected chi connectivity index (χ1v) is 5.90. The van der Waals surface area contributed by atoms with Crippen molar-refractivity contribution in [1.82, 2.24) is 14.7 Å². The largest absolute Gasteiger partial charge is 0.836 e. The van der Waals surface area contributed by atoms with Crippen LogP contribution in [0.3, 0.4) is 0 Å². The molecule has 0 fully saturated rings. The topological polar surface area (TPSA) is 119 Å². The third-order valence-corrected chi connectivity index (χ3v) is 3.15. The molecule has 0 unspecified atom stereocenters. The van der Waals surface area contributed by atoms with Crippen LogP contribution in [0, 0.1) is 0 Å². The Morgan fingerprint density at radius 1 is 1.25 bits per heavy atom. The zero-order valence-electron chi connectivity index (χ0n) is 10.0. The Morgan fingerprint density at radius 2 is 1.90 bits per heavy atom. The Labute approximate surface area is 117 Å². The van der Waals surface area contributed by atoms with Gasteiger partial charge in [-0.05, 0) is 16.9 Å². The summed E-state index contributed by atoms with van der Waals surface area (Å²) in [5.74, 6) is 10.4. The van der Waals surface area contributed by atoms with Crippen LogP contribution in [-0.2, 0) is 0 Å². The number of hydrogen-bond donors (Lipinski definition) is 2. The average molecular weight is 293 g/mol. The molecule has 0 amide bonds. The van der Waals surface area contributed by atoms with E-state index < -0.39 is 11.4 Å². The van der Waals surface area contributed by atoms with E-state index in [1.54, 1.807) is 24.3 Å². The van der Waals surface area contributed by atoms with Crippen LogP contribution in [0.4, 0.5) is 0 Å². The number of nitrogen functional groups attached to an aromatic ring is 2. The lowest BCUT2D eigenvalue weighted by molar-refractivity contribution is -0.584. The van der Waals surface area contributed by atoms with E-state index in [1.807, 2.05) is 0 Å². The smallest absolute Gasteiger partial charge is 0.322 e. The predicted octanol–water partition coefficient (Wildman–Crippen LogP) is -1.39. The van der Waals surface area contributed by atoms with Gasteiger partial charge in [-0.25, -0.2) is 10.5 Å². The Balaban J connectivity index is 2.35. The van der Waals surface area contributed by atoms with Gasteiger partial charge in [-0.15, -0.1) is 0 Å². The monoisotopic (exact) mass is 292 g/mol. The fourth-order valence-electron chi connectivity index (χ4n) is 1.91. The van der Waals surface area contributed by atoms with Gasteiger partial charge in [-0.2, -0.15) is 0 Å². The molecule has 0 saturated heterocycles. The maximum atomic E-state index is 12.1. The Morgan fingerprint density at radius 3 is 2.55 bits per heavy atom. The average Bonchev–Trinajstić information content (AvgIpc) is 2.71. The number of fused-ring (bicyclic) bond motifs is 1. The highest BCUT2D eigenvalue weighted by Crippen LogP contribution is 2.19. The van der Waals surface area contributed by atoms with Crippen molar-refractivity contribution >= 4 is 17.1 Å². The van der Waals surface area contributed by atoms with Gasteiger partial charge in [0.2, 0.25) is 0 Å². The van der Waals surface area contributed by atoms with Crippen LogP contribution in [0.25, 0.3) is 16.8 Å². The van der Waals surface area contributed by atoms with Crippen molar-refractivity contribution in [2.75, 3.05) is 11.7 Å². The Kier molecular flexibility index (Phi) is 2.54. The van der Waals surface area contributed by atoms with Crippen LogP contribution in [-0.4, -0.2) is 14.7 Å². The van der Waals surface area contributed by atoms with Crippen LogP contribution >= 0.6 is 11.6 Å². The normalized spacial score (nSPS) is 11.1. The van der Waals surface area contributed by atoms with E-state index in [0.717, 1.165) is 9.19 Å². The second kappa shape index (κ2) is 4.14. The van der Waals surface area contributed by atoms with Crippen LogP contribution < -0.4 is 26.9 Å². The molecule has 0 atom stereocenters. The van der Waals surface area contributed by atoms with E-state index in [4.69, 9.17) is 23.3 Å². The number of benzene rings is 1. The maximum absolute atomic E-state index is 12.1. The molecule has 0 aliphatic heterocycles. The molecule has 9 heteroatoms. The molecule has 2 heterocycles. The molecule has 0 spiro atoms. The molecule has 1 aromatic carbocycles. The second-order valence-electron chi connectivity index (χ2n) is 4.13. The predicted molar refractivity (Wildman–Crippen MR) is 69.8 cm³/mol. The van der Waals surface area contributed by atoms with Crippen LogP contribution in [0.5, 0.6) is 5.88 Å². The lowest BCUT2D eigenvalue weighted by Gasteiger charge is -2.06. The summed E-state index contributed by atoms with van der Waals surface area (Å²) in [4.78, 5) is 12.7. The van der Waals surface area contributed by atoms with Crippen LogP contribution in [0.15, 0.2) is 35.3 Å². The number of nitrogens with zero attached hydrogens (tertiary/aromatic N) is 4. The first-order chi connectivity index (χ1) is 9.49. The number of aromatic nitrogens is 4. The summed E-state index contributed by atoms with van der Waals surface area (Å²) in [7, 11) is 0. The zero-order valence-corrected chi connectivity index (χ0v) is 10.8. The Hall–Kier alpha value is -2.74. The van der Waals surface area contributed by atoms with E-state index >= 15 is 0 Å². The quantitative estimate of drug-likeness (QED) is 0.422. The van der Waals surface area contributed by atoms with Crippen molar-refractivity contribution in [3.8, 4) is 17.1 Å². The summed E-state index contributed by atoms with van der Waals surface area (Å²) < 4.78 is 1.99. The van der Waals surface area contributed by atoms with Gasteiger partial charge < -0.3 is 10.9 Å². The SMILES string of the molecule is Nn1n[n+]2cc(-c3ccc(Cl)cc3)n(N)c(=O)c2c1[O-]. The summed E-state index contributed by atoms with van der Waals surface area (Å²) in [6.07, 6.45) is 1.45. The van der Waals surface area contributed by atoms with Crippen LogP contribution in [0.2, 0.25) is 5.02 Å². The van der Waals surface area contributed by atoms with Gasteiger partial charge in [0, 0.05) is 10.6 Å². The molecular weight excluding hydrogens is 284 g/mol. The third kappa shape index (κ3) is 1.66. The minimum absolute atomic E-state index is 0.215. The fraction of sp³-hybridized carbons (Fsp3) is 0. The molecule has 102 valence electrons. The molecule has 20 heavy (non-hydrogen) atoms. The van der Waals surface area contributed by atoms with Crippen molar-refractivity contribution < 1.29 is 9.62 Å². The van der Waals surface area contributed by atoms with E-state index in [1.165, 1.54) is 6.20 Å². The van der Waals surface area contributed by atoms with Gasteiger partial charge in [0.15, 0.2) is 5.88 Å². The lowest BCUT2D eigenvalue weighted by atomic mass is 10.1. The Bertz CT molecular complexity index is 867. The van der Waals surface area contributed by atoms with Gasteiger partial charge in [-0.3, -0.25) is 4.79 Å². The molecule has 3 aromatic rings. The third-order valence-electron chi connectivity index (χ3n) is 2.90. The van der Waals surface area contributed by atoms with E-state index in [-0.39, 0.29) is 5.52 Å². The van der Waals surface area contributed by atoms with E-state index in [2.05, 4.69) is 5.21 Å². The van der Waals surface area contributed by atoms with Gasteiger partial charge in [0.25, 0.3) is 5.52 Å². The van der Waals surface area contributed by atoms with Crippen molar-refractivity contribution in [2.45, 2.75) is 0 Å². The first kappa shape index (κ1) is 12.3. The molecule has 0 bridgehead atoms. The molecular formula is C11H9ClN6O2. The van der Waals surface area contributed by atoms with Gasteiger partial charge >= 0.3 is 5.56 Å². The van der Waals surface area contributed by atoms with Gasteiger partial charge in [-0.1, -0.05) is 28.2 Å². The minimum Gasteiger partial charge on any atom is -0.836 e. The van der Waals surface area contributed by atoms with Crippen molar-refractivity contribution in [3.05, 3.63) is 45.8 Å². The van der Waals surface area contributed by atoms with Crippen molar-refractivity contribution in [1.29, 1.82) is 0 Å². The second-order valence-corrected chi connectivity index (χ2v) is 4.57. The molecule has 0 radical (unpaired) electrons. The highest BCUT2D eigenvalue weighted by molar-refractivity contribution is 6.30. The number of nitrogens with two attached hydrogens (primary N) is 2. The van der Waals surface area contributed by atoms with Crippen molar-refractivity contribution in [3.63, 3.8) is 0 Å². The highest BCUT2D eigenvalue weighted by Gasteiger charge is 2.19. The number of hydrogen-bond acceptors (Lipinski definition) is 5. The summed E-state index contributed by atoms with van der Waals surface area (Å²) in [6, 6.07) is 6.72. The van der Waals surface area contributed by atoms with Crippen LogP contribution in [0.1, 0.15) is 0 Å². The minimum atomic E-state index is -0.711. The zero-order chi connectivity index (χ0) is 14.4. The van der Waals surface area contributed by atoms with Gasteiger partial charge in [0.05, 0.1) is 0 Å². The number of halogens is 1. The summed E-state index contributed by atoms with van der Waals surface area (Å²) >= 11 is 5.81. The maximum Gasteiger partial charge on any atom is 0.322 e. The highest BCUT2D eigenvalue weighted by atomic mass is 35.5. The number of rotatable bonds is 1. The molecule has 0 saturated carbocycles. The van der Waals surface area contributed by atoms with E-state index in [0.29, 0.717) is 21.1 Å².